The van der Waals surface area contributed by atoms with Gasteiger partial charge in [-0.2, -0.15) is 0 Å². The van der Waals surface area contributed by atoms with Crippen molar-refractivity contribution in [3.63, 3.8) is 0 Å². The van der Waals surface area contributed by atoms with E-state index in [2.05, 4.69) is 6.07 Å². The smallest absolute Gasteiger partial charge is 0.231 e. The topological polar surface area (TPSA) is 46.2 Å². The van der Waals surface area contributed by atoms with Gasteiger partial charge in [-0.05, 0) is 47.7 Å². The zero-order valence-electron chi connectivity index (χ0n) is 13.4. The van der Waals surface area contributed by atoms with Gasteiger partial charge in [0.15, 0.2) is 23.0 Å². The number of fused-ring (bicyclic) bond motifs is 4. The predicted molar refractivity (Wildman–Crippen MR) is 85.1 cm³/mol. The minimum absolute atomic E-state index is 0.272. The minimum Gasteiger partial charge on any atom is -0.493 e. The molecule has 0 spiro atoms. The highest BCUT2D eigenvalue weighted by atomic mass is 16.7. The van der Waals surface area contributed by atoms with Gasteiger partial charge in [-0.1, -0.05) is 0 Å². The van der Waals surface area contributed by atoms with Crippen molar-refractivity contribution in [3.8, 4) is 39.9 Å². The third-order valence-electron chi connectivity index (χ3n) is 4.44. The summed E-state index contributed by atoms with van der Waals surface area (Å²) in [6.45, 7) is 0.272. The van der Waals surface area contributed by atoms with Gasteiger partial charge in [-0.25, -0.2) is 0 Å². The van der Waals surface area contributed by atoms with E-state index in [4.69, 9.17) is 23.7 Å². The molecule has 0 radical (unpaired) electrons. The molecule has 5 nitrogen and oxygen atoms in total. The van der Waals surface area contributed by atoms with Crippen LogP contribution in [0.5, 0.6) is 28.7 Å². The zero-order chi connectivity index (χ0) is 16.0. The fourth-order valence-corrected chi connectivity index (χ4v) is 3.39. The van der Waals surface area contributed by atoms with Crippen molar-refractivity contribution in [2.45, 2.75) is 12.8 Å². The first-order chi connectivity index (χ1) is 11.3. The minimum atomic E-state index is 0.272. The van der Waals surface area contributed by atoms with Gasteiger partial charge in [0.2, 0.25) is 12.5 Å². The van der Waals surface area contributed by atoms with Crippen LogP contribution in [0.4, 0.5) is 0 Å². The number of hydrogen-bond donors (Lipinski definition) is 0. The Bertz CT molecular complexity index is 782. The quantitative estimate of drug-likeness (QED) is 0.870. The van der Waals surface area contributed by atoms with E-state index in [0.29, 0.717) is 17.2 Å². The second-order valence-electron chi connectivity index (χ2n) is 5.54. The molecule has 4 rings (SSSR count). The highest BCUT2D eigenvalue weighted by Crippen LogP contribution is 2.51. The van der Waals surface area contributed by atoms with Crippen LogP contribution in [0.15, 0.2) is 18.2 Å². The van der Waals surface area contributed by atoms with Gasteiger partial charge >= 0.3 is 0 Å². The van der Waals surface area contributed by atoms with Crippen LogP contribution in [-0.2, 0) is 12.8 Å². The summed E-state index contributed by atoms with van der Waals surface area (Å²) in [4.78, 5) is 0. The maximum absolute atomic E-state index is 5.68. The van der Waals surface area contributed by atoms with Crippen LogP contribution < -0.4 is 23.7 Å². The molecule has 120 valence electrons. The number of ether oxygens (including phenoxy) is 5. The van der Waals surface area contributed by atoms with E-state index in [0.717, 1.165) is 35.5 Å². The third kappa shape index (κ3) is 2.00. The summed E-state index contributed by atoms with van der Waals surface area (Å²) in [6.07, 6.45) is 1.86. The van der Waals surface area contributed by atoms with E-state index < -0.39 is 0 Å². The van der Waals surface area contributed by atoms with Gasteiger partial charge < -0.3 is 23.7 Å². The lowest BCUT2D eigenvalue weighted by molar-refractivity contribution is 0.174. The third-order valence-corrected chi connectivity index (χ3v) is 4.44. The molecule has 0 bridgehead atoms. The van der Waals surface area contributed by atoms with Gasteiger partial charge in [0.25, 0.3) is 0 Å². The molecule has 0 atom stereocenters. The maximum atomic E-state index is 5.68. The van der Waals surface area contributed by atoms with E-state index in [9.17, 15) is 0 Å². The van der Waals surface area contributed by atoms with Crippen LogP contribution in [0.25, 0.3) is 11.1 Å². The summed E-state index contributed by atoms with van der Waals surface area (Å²) >= 11 is 0. The van der Waals surface area contributed by atoms with Crippen LogP contribution in [0.2, 0.25) is 0 Å². The molecule has 0 saturated heterocycles. The Kier molecular flexibility index (Phi) is 3.22. The predicted octanol–water partition coefficient (Wildman–Crippen LogP) is 3.21. The highest BCUT2D eigenvalue weighted by molar-refractivity contribution is 5.84. The first-order valence-electron chi connectivity index (χ1n) is 7.51. The number of rotatable bonds is 3. The fourth-order valence-electron chi connectivity index (χ4n) is 3.39. The summed E-state index contributed by atoms with van der Waals surface area (Å²) in [6, 6.07) is 6.13. The maximum Gasteiger partial charge on any atom is 0.231 e. The largest absolute Gasteiger partial charge is 0.493 e. The Labute approximate surface area is 134 Å². The Morgan fingerprint density at radius 3 is 2.17 bits per heavy atom. The van der Waals surface area contributed by atoms with Crippen molar-refractivity contribution < 1.29 is 23.7 Å². The first kappa shape index (κ1) is 14.1. The monoisotopic (exact) mass is 314 g/mol. The average Bonchev–Trinajstić information content (AvgIpc) is 3.04. The van der Waals surface area contributed by atoms with Crippen LogP contribution in [0, 0.1) is 0 Å². The lowest BCUT2D eigenvalue weighted by atomic mass is 9.84. The molecule has 1 aliphatic heterocycles. The van der Waals surface area contributed by atoms with E-state index in [1.165, 1.54) is 11.1 Å². The van der Waals surface area contributed by atoms with Gasteiger partial charge in [-0.15, -0.1) is 0 Å². The van der Waals surface area contributed by atoms with Crippen molar-refractivity contribution >= 4 is 0 Å². The van der Waals surface area contributed by atoms with Crippen LogP contribution in [0.3, 0.4) is 0 Å². The van der Waals surface area contributed by atoms with Crippen LogP contribution in [-0.4, -0.2) is 28.1 Å². The van der Waals surface area contributed by atoms with Crippen molar-refractivity contribution in [2.24, 2.45) is 0 Å². The molecule has 2 aliphatic rings. The van der Waals surface area contributed by atoms with Crippen molar-refractivity contribution in [2.75, 3.05) is 28.1 Å². The molecule has 0 N–H and O–H groups in total. The second-order valence-corrected chi connectivity index (χ2v) is 5.54. The van der Waals surface area contributed by atoms with E-state index in [1.54, 1.807) is 21.3 Å². The molecule has 0 saturated carbocycles. The zero-order valence-corrected chi connectivity index (χ0v) is 13.4. The molecule has 1 aliphatic carbocycles. The lowest BCUT2D eigenvalue weighted by Crippen LogP contribution is -2.08. The van der Waals surface area contributed by atoms with Crippen LogP contribution >= 0.6 is 0 Å². The normalized spacial score (nSPS) is 14.0. The molecule has 0 amide bonds. The Morgan fingerprint density at radius 1 is 0.783 bits per heavy atom. The van der Waals surface area contributed by atoms with E-state index in [-0.39, 0.29) is 6.79 Å². The molecule has 0 unspecified atom stereocenters. The average molecular weight is 314 g/mol. The Balaban J connectivity index is 1.99. The molecule has 2 aromatic carbocycles. The molecular formula is C18H18O5. The van der Waals surface area contributed by atoms with Crippen molar-refractivity contribution in [1.29, 1.82) is 0 Å². The molecule has 5 heteroatoms. The van der Waals surface area contributed by atoms with Gasteiger partial charge in [0.05, 0.1) is 21.3 Å². The lowest BCUT2D eigenvalue weighted by Gasteiger charge is -2.25. The van der Waals surface area contributed by atoms with Gasteiger partial charge in [-0.3, -0.25) is 0 Å². The summed E-state index contributed by atoms with van der Waals surface area (Å²) in [5, 5.41) is 0. The molecule has 0 aromatic heterocycles. The molecule has 23 heavy (non-hydrogen) atoms. The first-order valence-corrected chi connectivity index (χ1v) is 7.51. The van der Waals surface area contributed by atoms with E-state index in [1.807, 2.05) is 12.1 Å². The fraction of sp³-hybridized carbons (Fsp3) is 0.333. The highest BCUT2D eigenvalue weighted by Gasteiger charge is 2.28. The summed E-state index contributed by atoms with van der Waals surface area (Å²) in [5.41, 5.74) is 4.57. The number of hydrogen-bond acceptors (Lipinski definition) is 5. The van der Waals surface area contributed by atoms with Crippen molar-refractivity contribution in [3.05, 3.63) is 29.3 Å². The van der Waals surface area contributed by atoms with E-state index >= 15 is 0 Å². The molecule has 2 aromatic rings. The SMILES string of the molecule is COc1cc2c(c(OC)c1OC)-c1cc3c(cc1CC2)OCO3. The van der Waals surface area contributed by atoms with Crippen LogP contribution in [0.1, 0.15) is 11.1 Å². The molecule has 1 heterocycles. The second kappa shape index (κ2) is 5.26. The summed E-state index contributed by atoms with van der Waals surface area (Å²) < 4.78 is 27.7. The molecule has 0 fully saturated rings. The number of benzene rings is 2. The van der Waals surface area contributed by atoms with Crippen molar-refractivity contribution in [1.82, 2.24) is 0 Å². The Hall–Kier alpha value is -2.56. The molecular weight excluding hydrogens is 296 g/mol. The number of aryl methyl sites for hydroxylation is 2. The number of methoxy groups -OCH3 is 3. The summed E-state index contributed by atoms with van der Waals surface area (Å²) in [7, 11) is 4.91. The van der Waals surface area contributed by atoms with Gasteiger partial charge in [0.1, 0.15) is 0 Å². The summed E-state index contributed by atoms with van der Waals surface area (Å²) in [5.74, 6) is 3.58. The van der Waals surface area contributed by atoms with Gasteiger partial charge in [0, 0.05) is 5.56 Å². The standard InChI is InChI=1S/C18H18O5/c1-19-15-7-11-5-4-10-6-13-14(23-9-22-13)8-12(10)16(11)18(21-3)17(15)20-2/h6-8H,4-5,9H2,1-3H3. The Morgan fingerprint density at radius 2 is 1.48 bits per heavy atom.